The number of benzene rings is 1. The predicted molar refractivity (Wildman–Crippen MR) is 104 cm³/mol. The van der Waals surface area contributed by atoms with Crippen molar-refractivity contribution in [3.05, 3.63) is 35.4 Å². The number of rotatable bonds is 6. The van der Waals surface area contributed by atoms with Crippen LogP contribution in [0, 0.1) is 0 Å². The smallest absolute Gasteiger partial charge is 0.335 e. The van der Waals surface area contributed by atoms with E-state index in [-0.39, 0.29) is 12.0 Å². The van der Waals surface area contributed by atoms with Crippen LogP contribution in [0.2, 0.25) is 0 Å². The number of aromatic carboxylic acids is 1. The molecule has 0 saturated heterocycles. The van der Waals surface area contributed by atoms with Crippen LogP contribution in [-0.2, 0) is 9.59 Å². The van der Waals surface area contributed by atoms with Gasteiger partial charge in [0, 0.05) is 0 Å². The fraction of sp³-hybridized carbons (Fsp3) is 0.474. The Morgan fingerprint density at radius 3 is 2.11 bits per heavy atom. The highest BCUT2D eigenvalue weighted by molar-refractivity contribution is 5.90. The maximum absolute atomic E-state index is 11.8. The van der Waals surface area contributed by atoms with E-state index in [1.54, 1.807) is 19.1 Å². The van der Waals surface area contributed by atoms with E-state index in [9.17, 15) is 19.2 Å². The minimum atomic E-state index is -1.08. The van der Waals surface area contributed by atoms with Crippen LogP contribution in [0.1, 0.15) is 69.4 Å². The molecular formula is C19H31N3O5. The van der Waals surface area contributed by atoms with Gasteiger partial charge in [-0.25, -0.2) is 9.59 Å². The van der Waals surface area contributed by atoms with Gasteiger partial charge >= 0.3 is 12.0 Å². The van der Waals surface area contributed by atoms with Crippen molar-refractivity contribution in [3.63, 3.8) is 0 Å². The van der Waals surface area contributed by atoms with Gasteiger partial charge in [0.1, 0.15) is 6.54 Å². The summed E-state index contributed by atoms with van der Waals surface area (Å²) in [6, 6.07) is 4.67. The van der Waals surface area contributed by atoms with Crippen LogP contribution in [0.4, 0.5) is 4.79 Å². The first kappa shape index (κ1) is 26.3. The van der Waals surface area contributed by atoms with Crippen molar-refractivity contribution in [1.29, 1.82) is 0 Å². The Bertz CT molecular complexity index is 603. The third-order valence-corrected chi connectivity index (χ3v) is 2.69. The summed E-state index contributed by atoms with van der Waals surface area (Å²) in [5, 5.41) is 11.4. The van der Waals surface area contributed by atoms with E-state index in [0.29, 0.717) is 10.5 Å². The highest BCUT2D eigenvalue weighted by atomic mass is 16.4. The zero-order chi connectivity index (χ0) is 21.4. The van der Waals surface area contributed by atoms with E-state index in [2.05, 4.69) is 33.0 Å². The number of nitrogens with one attached hydrogen (secondary N) is 1. The van der Waals surface area contributed by atoms with Crippen LogP contribution < -0.4 is 11.1 Å². The number of primary amides is 1. The lowest BCUT2D eigenvalue weighted by atomic mass is 10.1. The molecule has 0 saturated carbocycles. The van der Waals surface area contributed by atoms with Crippen LogP contribution in [0.25, 0.3) is 0 Å². The maximum Gasteiger partial charge on any atom is 0.335 e. The van der Waals surface area contributed by atoms with Crippen molar-refractivity contribution >= 4 is 24.3 Å². The molecule has 0 aliphatic heterocycles. The second kappa shape index (κ2) is 15.4. The van der Waals surface area contributed by atoms with Gasteiger partial charge in [-0.3, -0.25) is 14.5 Å². The molecule has 152 valence electrons. The third kappa shape index (κ3) is 12.1. The molecule has 1 aromatic rings. The number of carboxylic acids is 1. The van der Waals surface area contributed by atoms with Crippen molar-refractivity contribution in [2.75, 3.05) is 6.54 Å². The molecule has 27 heavy (non-hydrogen) atoms. The molecule has 1 unspecified atom stereocenters. The summed E-state index contributed by atoms with van der Waals surface area (Å²) in [4.78, 5) is 44.7. The van der Waals surface area contributed by atoms with Gasteiger partial charge in [0.05, 0.1) is 11.6 Å². The number of imide groups is 1. The Hall–Kier alpha value is -2.90. The molecule has 0 radical (unpaired) electrons. The summed E-state index contributed by atoms with van der Waals surface area (Å²) >= 11 is 0. The summed E-state index contributed by atoms with van der Waals surface area (Å²) in [5.41, 5.74) is 5.55. The molecule has 8 heteroatoms. The number of carbonyl (C=O) groups excluding carboxylic acids is 3. The lowest BCUT2D eigenvalue weighted by molar-refractivity contribution is -0.124. The van der Waals surface area contributed by atoms with Gasteiger partial charge < -0.3 is 16.2 Å². The molecule has 4 amide bonds. The number of nitrogens with two attached hydrogens (primary N) is 1. The van der Waals surface area contributed by atoms with Crippen LogP contribution in [0.3, 0.4) is 0 Å². The Morgan fingerprint density at radius 2 is 1.70 bits per heavy atom. The molecule has 1 rings (SSSR count). The Labute approximate surface area is 160 Å². The number of nitrogens with zero attached hydrogens (tertiary/aromatic N) is 1. The molecule has 1 aromatic carbocycles. The van der Waals surface area contributed by atoms with Gasteiger partial charge in [0.2, 0.25) is 12.3 Å². The molecule has 0 heterocycles. The molecule has 0 spiro atoms. The van der Waals surface area contributed by atoms with Crippen molar-refractivity contribution in [2.24, 2.45) is 5.73 Å². The lowest BCUT2D eigenvalue weighted by Gasteiger charge is -2.19. The van der Waals surface area contributed by atoms with Gasteiger partial charge in [0.25, 0.3) is 0 Å². The Kier molecular flexibility index (Phi) is 15.0. The zero-order valence-corrected chi connectivity index (χ0v) is 16.7. The van der Waals surface area contributed by atoms with Crippen molar-refractivity contribution in [2.45, 2.75) is 53.5 Å². The standard InChI is InChI=1S/C13H15N3O5.2C3H8/c1-8(9-3-2-4-10(5-9)12(19)20)15-13(21)16(7-17)6-11(14)18;2*1-3-2/h2-5,7-8H,6H2,1H3,(H2,14,18)(H,15,21)(H,19,20);2*3H2,1-2H3. The maximum atomic E-state index is 11.8. The second-order valence-corrected chi connectivity index (χ2v) is 5.72. The molecule has 0 bridgehead atoms. The van der Waals surface area contributed by atoms with Crippen molar-refractivity contribution in [3.8, 4) is 0 Å². The first-order valence-electron chi connectivity index (χ1n) is 8.82. The normalized spacial score (nSPS) is 10.1. The molecule has 1 atom stereocenters. The van der Waals surface area contributed by atoms with Crippen LogP contribution in [0.5, 0.6) is 0 Å². The zero-order valence-electron chi connectivity index (χ0n) is 16.7. The number of carboxylic acid groups (broad SMARTS) is 1. The number of carbonyl (C=O) groups is 4. The third-order valence-electron chi connectivity index (χ3n) is 2.69. The highest BCUT2D eigenvalue weighted by Gasteiger charge is 2.18. The fourth-order valence-corrected chi connectivity index (χ4v) is 1.62. The number of amides is 4. The lowest BCUT2D eigenvalue weighted by Crippen LogP contribution is -2.44. The summed E-state index contributed by atoms with van der Waals surface area (Å²) in [6.45, 7) is 9.59. The largest absolute Gasteiger partial charge is 0.478 e. The van der Waals surface area contributed by atoms with Gasteiger partial charge in [-0.05, 0) is 24.6 Å². The number of hydrogen-bond acceptors (Lipinski definition) is 4. The van der Waals surface area contributed by atoms with E-state index < -0.39 is 30.5 Å². The van der Waals surface area contributed by atoms with E-state index in [1.807, 2.05) is 0 Å². The summed E-state index contributed by atoms with van der Waals surface area (Å²) in [6.07, 6.45) is 2.69. The summed E-state index contributed by atoms with van der Waals surface area (Å²) in [5.74, 6) is -1.91. The minimum Gasteiger partial charge on any atom is -0.478 e. The predicted octanol–water partition coefficient (Wildman–Crippen LogP) is 2.93. The van der Waals surface area contributed by atoms with E-state index >= 15 is 0 Å². The van der Waals surface area contributed by atoms with Crippen molar-refractivity contribution in [1.82, 2.24) is 10.2 Å². The quantitative estimate of drug-likeness (QED) is 0.652. The number of hydrogen-bond donors (Lipinski definition) is 3. The summed E-state index contributed by atoms with van der Waals surface area (Å²) < 4.78 is 0. The first-order valence-corrected chi connectivity index (χ1v) is 8.82. The van der Waals surface area contributed by atoms with Crippen LogP contribution in [-0.4, -0.2) is 40.9 Å². The molecule has 0 aromatic heterocycles. The second-order valence-electron chi connectivity index (χ2n) is 5.72. The molecule has 0 fully saturated rings. The first-order chi connectivity index (χ1) is 12.7. The average molecular weight is 381 g/mol. The topological polar surface area (TPSA) is 130 Å². The fourth-order valence-electron chi connectivity index (χ4n) is 1.62. The van der Waals surface area contributed by atoms with Crippen LogP contribution >= 0.6 is 0 Å². The van der Waals surface area contributed by atoms with Gasteiger partial charge in [-0.1, -0.05) is 52.7 Å². The number of urea groups is 1. The van der Waals surface area contributed by atoms with Gasteiger partial charge in [0.15, 0.2) is 0 Å². The SMILES string of the molecule is CC(NC(=O)N(C=O)CC(N)=O)c1cccc(C(=O)O)c1.CCC.CCC. The van der Waals surface area contributed by atoms with E-state index in [4.69, 9.17) is 10.8 Å². The molecular weight excluding hydrogens is 350 g/mol. The minimum absolute atomic E-state index is 0.0815. The van der Waals surface area contributed by atoms with Gasteiger partial charge in [-0.15, -0.1) is 0 Å². The van der Waals surface area contributed by atoms with E-state index in [0.717, 1.165) is 0 Å². The molecule has 4 N–H and O–H groups in total. The van der Waals surface area contributed by atoms with E-state index in [1.165, 1.54) is 25.0 Å². The monoisotopic (exact) mass is 381 g/mol. The molecule has 0 aliphatic rings. The average Bonchev–Trinajstić information content (AvgIpc) is 2.60. The highest BCUT2D eigenvalue weighted by Crippen LogP contribution is 2.14. The van der Waals surface area contributed by atoms with Crippen LogP contribution in [0.15, 0.2) is 24.3 Å². The molecule has 8 nitrogen and oxygen atoms in total. The summed E-state index contributed by atoms with van der Waals surface area (Å²) in [7, 11) is 0. The van der Waals surface area contributed by atoms with Gasteiger partial charge in [-0.2, -0.15) is 0 Å². The van der Waals surface area contributed by atoms with Crippen molar-refractivity contribution < 1.29 is 24.3 Å². The molecule has 0 aliphatic carbocycles. The Morgan fingerprint density at radius 1 is 1.19 bits per heavy atom. The Balaban J connectivity index is 0.